The van der Waals surface area contributed by atoms with E-state index in [1.54, 1.807) is 18.2 Å². The molecule has 0 spiro atoms. The lowest BCUT2D eigenvalue weighted by Gasteiger charge is -2.33. The van der Waals surface area contributed by atoms with E-state index in [2.05, 4.69) is 10.2 Å². The molecule has 1 unspecified atom stereocenters. The predicted molar refractivity (Wildman–Crippen MR) is 119 cm³/mol. The van der Waals surface area contributed by atoms with Gasteiger partial charge in [-0.1, -0.05) is 23.2 Å². The Kier molecular flexibility index (Phi) is 8.37. The number of carbonyl (C=O) groups is 1. The summed E-state index contributed by atoms with van der Waals surface area (Å²) in [7, 11) is 0. The molecule has 0 radical (unpaired) electrons. The van der Waals surface area contributed by atoms with Crippen LogP contribution < -0.4 is 14.8 Å². The number of amides is 1. The number of aliphatic hydroxyl groups excluding tert-OH is 1. The number of aliphatic hydroxyl groups is 1. The summed E-state index contributed by atoms with van der Waals surface area (Å²) in [5, 5.41) is 13.8. The molecule has 9 heteroatoms. The van der Waals surface area contributed by atoms with Crippen molar-refractivity contribution >= 4 is 34.8 Å². The van der Waals surface area contributed by atoms with Crippen LogP contribution in [-0.4, -0.2) is 54.4 Å². The van der Waals surface area contributed by atoms with Gasteiger partial charge < -0.3 is 24.8 Å². The molecule has 1 heterocycles. The molecular weight excluding hydrogens is 446 g/mol. The molecule has 0 bridgehead atoms. The molecule has 1 fully saturated rings. The number of rotatable bonds is 8. The van der Waals surface area contributed by atoms with Crippen molar-refractivity contribution in [1.82, 2.24) is 4.90 Å². The maximum absolute atomic E-state index is 13.4. The molecule has 0 saturated carbocycles. The van der Waals surface area contributed by atoms with E-state index in [-0.39, 0.29) is 24.3 Å². The van der Waals surface area contributed by atoms with Crippen LogP contribution in [0.25, 0.3) is 0 Å². The fourth-order valence-electron chi connectivity index (χ4n) is 3.40. The van der Waals surface area contributed by atoms with Crippen LogP contribution in [0.1, 0.15) is 19.8 Å². The van der Waals surface area contributed by atoms with Gasteiger partial charge in [0.25, 0.3) is 0 Å². The van der Waals surface area contributed by atoms with E-state index in [0.717, 1.165) is 25.9 Å². The largest absolute Gasteiger partial charge is 0.490 e. The zero-order chi connectivity index (χ0) is 22.4. The number of ether oxygens (including phenoxy) is 2. The molecule has 0 aliphatic carbocycles. The number of benzene rings is 2. The molecule has 168 valence electrons. The molecule has 1 atom stereocenters. The van der Waals surface area contributed by atoms with E-state index in [9.17, 15) is 14.3 Å². The van der Waals surface area contributed by atoms with Gasteiger partial charge in [0.05, 0.1) is 15.7 Å². The van der Waals surface area contributed by atoms with Gasteiger partial charge in [0.1, 0.15) is 36.1 Å². The highest BCUT2D eigenvalue weighted by atomic mass is 35.5. The van der Waals surface area contributed by atoms with Crippen molar-refractivity contribution in [1.29, 1.82) is 0 Å². The summed E-state index contributed by atoms with van der Waals surface area (Å²) in [6, 6.07) is 9.07. The van der Waals surface area contributed by atoms with E-state index in [1.165, 1.54) is 25.1 Å². The van der Waals surface area contributed by atoms with Gasteiger partial charge in [0, 0.05) is 38.7 Å². The first-order chi connectivity index (χ1) is 14.8. The van der Waals surface area contributed by atoms with Crippen molar-refractivity contribution in [2.24, 2.45) is 0 Å². The lowest BCUT2D eigenvalue weighted by molar-refractivity contribution is -0.114. The molecular formula is C22H25Cl2FN2O4. The number of carbonyl (C=O) groups excluding carboxylic acids is 1. The van der Waals surface area contributed by atoms with Gasteiger partial charge in [-0.2, -0.15) is 0 Å². The molecule has 2 aromatic rings. The minimum atomic E-state index is -0.734. The number of nitrogens with one attached hydrogen (secondary N) is 1. The number of likely N-dealkylation sites (tertiary alicyclic amines) is 1. The third-order valence-electron chi connectivity index (χ3n) is 4.88. The Morgan fingerprint density at radius 2 is 1.97 bits per heavy atom. The summed E-state index contributed by atoms with van der Waals surface area (Å²) < 4.78 is 25.0. The Hall–Kier alpha value is -2.06. The maximum Gasteiger partial charge on any atom is 0.221 e. The Morgan fingerprint density at radius 3 is 2.65 bits per heavy atom. The SMILES string of the molecule is CC(=O)Nc1cc(F)ccc1OCC(O)CN1CCC(Oc2ccc(Cl)c(Cl)c2)CC1. The summed E-state index contributed by atoms with van der Waals surface area (Å²) in [6.45, 7) is 3.35. The standard InChI is InChI=1S/C22H25Cl2FN2O4/c1-14(28)26-21-10-15(25)2-5-22(21)30-13-16(29)12-27-8-6-17(7-9-27)31-18-3-4-19(23)20(24)11-18/h2-5,10-11,16-17,29H,6-9,12-13H2,1H3,(H,26,28). The van der Waals surface area contributed by atoms with Crippen LogP contribution in [0.4, 0.5) is 10.1 Å². The summed E-state index contributed by atoms with van der Waals surface area (Å²) in [6.07, 6.45) is 0.973. The lowest BCUT2D eigenvalue weighted by atomic mass is 10.1. The number of hydrogen-bond acceptors (Lipinski definition) is 5. The first kappa shape index (κ1) is 23.6. The van der Waals surface area contributed by atoms with E-state index in [1.807, 2.05) is 0 Å². The second-order valence-electron chi connectivity index (χ2n) is 7.48. The van der Waals surface area contributed by atoms with Crippen molar-refractivity contribution in [2.75, 3.05) is 31.6 Å². The van der Waals surface area contributed by atoms with E-state index in [4.69, 9.17) is 32.7 Å². The lowest BCUT2D eigenvalue weighted by Crippen LogP contribution is -2.43. The second kappa shape index (κ2) is 11.0. The van der Waals surface area contributed by atoms with E-state index < -0.39 is 11.9 Å². The van der Waals surface area contributed by atoms with E-state index in [0.29, 0.717) is 28.1 Å². The van der Waals surface area contributed by atoms with Gasteiger partial charge in [-0.05, 0) is 37.1 Å². The monoisotopic (exact) mass is 470 g/mol. The fourth-order valence-corrected chi connectivity index (χ4v) is 3.69. The Bertz CT molecular complexity index is 907. The molecule has 3 rings (SSSR count). The van der Waals surface area contributed by atoms with E-state index >= 15 is 0 Å². The number of piperidine rings is 1. The third-order valence-corrected chi connectivity index (χ3v) is 5.62. The molecule has 2 N–H and O–H groups in total. The zero-order valence-electron chi connectivity index (χ0n) is 17.1. The van der Waals surface area contributed by atoms with Gasteiger partial charge >= 0.3 is 0 Å². The van der Waals surface area contributed by atoms with Crippen LogP contribution in [0, 0.1) is 5.82 Å². The topological polar surface area (TPSA) is 71.0 Å². The van der Waals surface area contributed by atoms with Gasteiger partial charge in [0.2, 0.25) is 5.91 Å². The van der Waals surface area contributed by atoms with Gasteiger partial charge in [0.15, 0.2) is 0 Å². The Labute approximate surface area is 190 Å². The van der Waals surface area contributed by atoms with Crippen LogP contribution in [0.5, 0.6) is 11.5 Å². The smallest absolute Gasteiger partial charge is 0.221 e. The van der Waals surface area contributed by atoms with Crippen molar-refractivity contribution < 1.29 is 23.8 Å². The summed E-state index contributed by atoms with van der Waals surface area (Å²) in [4.78, 5) is 13.4. The highest BCUT2D eigenvalue weighted by Crippen LogP contribution is 2.28. The van der Waals surface area contributed by atoms with Crippen LogP contribution in [0.2, 0.25) is 10.0 Å². The van der Waals surface area contributed by atoms with Crippen LogP contribution in [0.3, 0.4) is 0 Å². The van der Waals surface area contributed by atoms with Crippen LogP contribution in [0.15, 0.2) is 36.4 Å². The average Bonchev–Trinajstić information content (AvgIpc) is 2.71. The summed E-state index contributed by atoms with van der Waals surface area (Å²) >= 11 is 12.0. The van der Waals surface area contributed by atoms with Gasteiger partial charge in [-0.15, -0.1) is 0 Å². The Balaban J connectivity index is 1.43. The number of anilines is 1. The minimum absolute atomic E-state index is 0.0257. The van der Waals surface area contributed by atoms with Gasteiger partial charge in [-0.25, -0.2) is 4.39 Å². The average molecular weight is 471 g/mol. The molecule has 31 heavy (non-hydrogen) atoms. The molecule has 1 aliphatic rings. The highest BCUT2D eigenvalue weighted by Gasteiger charge is 2.23. The molecule has 6 nitrogen and oxygen atoms in total. The summed E-state index contributed by atoms with van der Waals surface area (Å²) in [5.41, 5.74) is 0.236. The van der Waals surface area contributed by atoms with Crippen LogP contribution >= 0.6 is 23.2 Å². The number of β-amino-alcohol motifs (C(OH)–C–C–N with tert-alkyl or cyclic N) is 1. The number of halogens is 3. The first-order valence-corrected chi connectivity index (χ1v) is 10.8. The molecule has 1 saturated heterocycles. The normalized spacial score (nSPS) is 16.0. The predicted octanol–water partition coefficient (Wildman–Crippen LogP) is 4.37. The van der Waals surface area contributed by atoms with Crippen molar-refractivity contribution in [3.05, 3.63) is 52.3 Å². The van der Waals surface area contributed by atoms with Crippen molar-refractivity contribution in [3.8, 4) is 11.5 Å². The highest BCUT2D eigenvalue weighted by molar-refractivity contribution is 6.42. The zero-order valence-corrected chi connectivity index (χ0v) is 18.6. The first-order valence-electron chi connectivity index (χ1n) is 10.0. The minimum Gasteiger partial charge on any atom is -0.490 e. The molecule has 1 aliphatic heterocycles. The van der Waals surface area contributed by atoms with Crippen molar-refractivity contribution in [3.63, 3.8) is 0 Å². The summed E-state index contributed by atoms with van der Waals surface area (Å²) in [5.74, 6) is 0.185. The molecule has 0 aromatic heterocycles. The second-order valence-corrected chi connectivity index (χ2v) is 8.29. The Morgan fingerprint density at radius 1 is 1.23 bits per heavy atom. The fraction of sp³-hybridized carbons (Fsp3) is 0.409. The van der Waals surface area contributed by atoms with Gasteiger partial charge in [-0.3, -0.25) is 4.79 Å². The molecule has 2 aromatic carbocycles. The number of hydrogen-bond donors (Lipinski definition) is 2. The maximum atomic E-state index is 13.4. The quantitative estimate of drug-likeness (QED) is 0.599. The van der Waals surface area contributed by atoms with Crippen molar-refractivity contribution in [2.45, 2.75) is 32.0 Å². The van der Waals surface area contributed by atoms with Crippen LogP contribution in [-0.2, 0) is 4.79 Å². The molecule has 1 amide bonds. The number of nitrogens with zero attached hydrogens (tertiary/aromatic N) is 1. The third kappa shape index (κ3) is 7.25.